The molecule has 1 amide bonds. The summed E-state index contributed by atoms with van der Waals surface area (Å²) in [5.41, 5.74) is 0. The first-order chi connectivity index (χ1) is 5.33. The second-order valence-electron chi connectivity index (χ2n) is 2.16. The largest absolute Gasteiger partial charge is 0.274 e. The predicted molar refractivity (Wildman–Crippen MR) is 38.2 cm³/mol. The first-order valence-corrected chi connectivity index (χ1v) is 4.78. The number of halogens is 2. The zero-order valence-electron chi connectivity index (χ0n) is 6.38. The molecule has 0 atom stereocenters. The number of amides is 1. The Morgan fingerprint density at radius 2 is 2.00 bits per heavy atom. The van der Waals surface area contributed by atoms with Crippen molar-refractivity contribution >= 4 is 15.9 Å². The summed E-state index contributed by atoms with van der Waals surface area (Å²) in [6, 6.07) is 0. The van der Waals surface area contributed by atoms with E-state index in [9.17, 15) is 22.0 Å². The van der Waals surface area contributed by atoms with E-state index in [1.807, 2.05) is 0 Å². The molecule has 0 saturated carbocycles. The summed E-state index contributed by atoms with van der Waals surface area (Å²) in [5, 5.41) is 0. The van der Waals surface area contributed by atoms with Crippen LogP contribution in [0.1, 0.15) is 13.3 Å². The van der Waals surface area contributed by atoms with Gasteiger partial charge in [-0.3, -0.25) is 9.52 Å². The fourth-order valence-corrected chi connectivity index (χ4v) is 1.54. The van der Waals surface area contributed by atoms with Crippen LogP contribution in [-0.2, 0) is 14.8 Å². The number of hydrogen-bond donors (Lipinski definition) is 1. The van der Waals surface area contributed by atoms with Crippen molar-refractivity contribution in [2.45, 2.75) is 19.8 Å². The molecule has 0 aliphatic carbocycles. The van der Waals surface area contributed by atoms with Crippen molar-refractivity contribution in [2.24, 2.45) is 0 Å². The van der Waals surface area contributed by atoms with E-state index >= 15 is 0 Å². The second-order valence-corrected chi connectivity index (χ2v) is 4.00. The van der Waals surface area contributed by atoms with Crippen LogP contribution < -0.4 is 4.72 Å². The van der Waals surface area contributed by atoms with Crippen LogP contribution in [0.2, 0.25) is 0 Å². The summed E-state index contributed by atoms with van der Waals surface area (Å²) in [5.74, 6) is -1.51. The predicted octanol–water partition coefficient (Wildman–Crippen LogP) is 0.107. The Bertz CT molecular complexity index is 249. The molecule has 0 aliphatic rings. The zero-order chi connectivity index (χ0) is 9.78. The van der Waals surface area contributed by atoms with Gasteiger partial charge in [0.2, 0.25) is 22.4 Å². The summed E-state index contributed by atoms with van der Waals surface area (Å²) in [7, 11) is -3.86. The summed E-state index contributed by atoms with van der Waals surface area (Å²) in [6.45, 7) is 1.000. The topological polar surface area (TPSA) is 63.2 Å². The molecule has 0 spiro atoms. The van der Waals surface area contributed by atoms with E-state index < -0.39 is 34.5 Å². The molecule has 7 heteroatoms. The molecule has 12 heavy (non-hydrogen) atoms. The molecule has 0 bridgehead atoms. The minimum Gasteiger partial charge on any atom is -0.274 e. The minimum atomic E-state index is -3.86. The lowest BCUT2D eigenvalue weighted by molar-refractivity contribution is -0.117. The quantitative estimate of drug-likeness (QED) is 0.702. The lowest BCUT2D eigenvalue weighted by Gasteiger charge is -2.02. The zero-order valence-corrected chi connectivity index (χ0v) is 7.20. The van der Waals surface area contributed by atoms with E-state index in [0.717, 1.165) is 6.92 Å². The smallest absolute Gasteiger partial charge is 0.239 e. The van der Waals surface area contributed by atoms with Crippen molar-refractivity contribution in [2.75, 3.05) is 5.75 Å². The fraction of sp³-hybridized carbons (Fsp3) is 0.800. The maximum absolute atomic E-state index is 11.5. The van der Waals surface area contributed by atoms with Crippen LogP contribution in [0.3, 0.4) is 0 Å². The summed E-state index contributed by atoms with van der Waals surface area (Å²) in [6.07, 6.45) is -3.43. The maximum atomic E-state index is 11.5. The summed E-state index contributed by atoms with van der Waals surface area (Å²) in [4.78, 5) is 10.2. The number of nitrogens with one attached hydrogen (secondary N) is 1. The van der Waals surface area contributed by atoms with Gasteiger partial charge in [0.05, 0.1) is 5.75 Å². The van der Waals surface area contributed by atoms with Crippen LogP contribution in [0, 0.1) is 0 Å². The van der Waals surface area contributed by atoms with Gasteiger partial charge in [0.1, 0.15) is 0 Å². The van der Waals surface area contributed by atoms with Crippen LogP contribution in [0.15, 0.2) is 0 Å². The van der Waals surface area contributed by atoms with Crippen molar-refractivity contribution in [1.29, 1.82) is 0 Å². The van der Waals surface area contributed by atoms with E-state index in [2.05, 4.69) is 0 Å². The van der Waals surface area contributed by atoms with Gasteiger partial charge in [-0.2, -0.15) is 0 Å². The Morgan fingerprint density at radius 1 is 1.50 bits per heavy atom. The highest BCUT2D eigenvalue weighted by Gasteiger charge is 2.14. The Morgan fingerprint density at radius 3 is 2.33 bits per heavy atom. The second kappa shape index (κ2) is 4.34. The summed E-state index contributed by atoms with van der Waals surface area (Å²) < 4.78 is 46.0. The molecule has 0 saturated heterocycles. The van der Waals surface area contributed by atoms with Gasteiger partial charge in [0, 0.05) is 13.3 Å². The highest BCUT2D eigenvalue weighted by atomic mass is 32.2. The molecule has 4 nitrogen and oxygen atoms in total. The first kappa shape index (κ1) is 11.3. The minimum absolute atomic E-state index is 0.732. The Hall–Kier alpha value is -0.720. The molecule has 0 aromatic rings. The van der Waals surface area contributed by atoms with E-state index in [0.29, 0.717) is 0 Å². The number of carbonyl (C=O) groups excluding carboxylic acids is 1. The van der Waals surface area contributed by atoms with Crippen LogP contribution in [-0.4, -0.2) is 26.5 Å². The molecular formula is C5H9F2NO3S. The standard InChI is InChI=1S/C5H9F2NO3S/c1-4(9)8-12(10,11)3-2-5(6)7/h5H,2-3H2,1H3,(H,8,9). The lowest BCUT2D eigenvalue weighted by Crippen LogP contribution is -2.31. The Labute approximate surface area is 69.0 Å². The molecule has 0 heterocycles. The van der Waals surface area contributed by atoms with E-state index in [-0.39, 0.29) is 0 Å². The van der Waals surface area contributed by atoms with Crippen molar-refractivity contribution < 1.29 is 22.0 Å². The Balaban J connectivity index is 3.98. The normalized spacial score (nSPS) is 11.7. The van der Waals surface area contributed by atoms with Crippen LogP contribution >= 0.6 is 0 Å². The number of rotatable bonds is 4. The van der Waals surface area contributed by atoms with Crippen molar-refractivity contribution in [3.63, 3.8) is 0 Å². The van der Waals surface area contributed by atoms with E-state index in [4.69, 9.17) is 0 Å². The van der Waals surface area contributed by atoms with Gasteiger partial charge >= 0.3 is 0 Å². The third kappa shape index (κ3) is 6.02. The third-order valence-electron chi connectivity index (χ3n) is 0.904. The van der Waals surface area contributed by atoms with Crippen LogP contribution in [0.4, 0.5) is 8.78 Å². The first-order valence-electron chi connectivity index (χ1n) is 3.12. The molecule has 0 unspecified atom stereocenters. The highest BCUT2D eigenvalue weighted by Crippen LogP contribution is 2.00. The fourth-order valence-electron chi connectivity index (χ4n) is 0.514. The molecule has 0 aliphatic heterocycles. The molecule has 72 valence electrons. The molecule has 0 aromatic carbocycles. The number of sulfonamides is 1. The molecule has 0 rings (SSSR count). The monoisotopic (exact) mass is 201 g/mol. The highest BCUT2D eigenvalue weighted by molar-refractivity contribution is 7.90. The van der Waals surface area contributed by atoms with Gasteiger partial charge in [-0.15, -0.1) is 0 Å². The van der Waals surface area contributed by atoms with Gasteiger partial charge in [-0.05, 0) is 0 Å². The molecule has 1 N–H and O–H groups in total. The van der Waals surface area contributed by atoms with Gasteiger partial charge < -0.3 is 0 Å². The lowest BCUT2D eigenvalue weighted by atomic mass is 10.5. The van der Waals surface area contributed by atoms with Crippen molar-refractivity contribution in [1.82, 2.24) is 4.72 Å². The van der Waals surface area contributed by atoms with Gasteiger partial charge in [-0.25, -0.2) is 17.2 Å². The van der Waals surface area contributed by atoms with Crippen LogP contribution in [0.25, 0.3) is 0 Å². The van der Waals surface area contributed by atoms with Gasteiger partial charge in [-0.1, -0.05) is 0 Å². The summed E-state index contributed by atoms with van der Waals surface area (Å²) >= 11 is 0. The van der Waals surface area contributed by atoms with Crippen molar-refractivity contribution in [3.05, 3.63) is 0 Å². The van der Waals surface area contributed by atoms with Crippen molar-refractivity contribution in [3.8, 4) is 0 Å². The number of hydrogen-bond acceptors (Lipinski definition) is 3. The van der Waals surface area contributed by atoms with Crippen LogP contribution in [0.5, 0.6) is 0 Å². The molecular weight excluding hydrogens is 192 g/mol. The average molecular weight is 201 g/mol. The number of carbonyl (C=O) groups is 1. The third-order valence-corrected chi connectivity index (χ3v) is 2.28. The van der Waals surface area contributed by atoms with Gasteiger partial charge in [0.15, 0.2) is 0 Å². The SMILES string of the molecule is CC(=O)NS(=O)(=O)CCC(F)F. The molecule has 0 fully saturated rings. The molecule has 0 aromatic heterocycles. The van der Waals surface area contributed by atoms with E-state index in [1.54, 1.807) is 4.72 Å². The van der Waals surface area contributed by atoms with Gasteiger partial charge in [0.25, 0.3) is 0 Å². The maximum Gasteiger partial charge on any atom is 0.239 e. The molecule has 0 radical (unpaired) electrons. The average Bonchev–Trinajstić information content (AvgIpc) is 1.81. The Kier molecular flexibility index (Phi) is 4.08. The number of alkyl halides is 2. The van der Waals surface area contributed by atoms with E-state index in [1.165, 1.54) is 0 Å².